The summed E-state index contributed by atoms with van der Waals surface area (Å²) in [6.45, 7) is 4.18. The molecule has 1 saturated heterocycles. The minimum atomic E-state index is -0.0205. The summed E-state index contributed by atoms with van der Waals surface area (Å²) < 4.78 is 1.04. The van der Waals surface area contributed by atoms with Crippen LogP contribution in [0.3, 0.4) is 0 Å². The number of nitrogens with one attached hydrogen (secondary N) is 1. The number of halogens is 3. The number of nitrogens with zero attached hydrogens (tertiary/aromatic N) is 3. The number of piperidine rings is 1. The number of benzene rings is 2. The summed E-state index contributed by atoms with van der Waals surface area (Å²) in [4.78, 5) is 0.680. The summed E-state index contributed by atoms with van der Waals surface area (Å²) >= 11 is 22.0. The maximum atomic E-state index is 6.56. The second-order valence-corrected chi connectivity index (χ2v) is 9.87. The lowest BCUT2D eigenvalue weighted by atomic mass is 9.91. The van der Waals surface area contributed by atoms with Crippen LogP contribution in [0.2, 0.25) is 10.0 Å². The molecule has 4 rings (SSSR count). The standard InChI is InChI=1S/C22H23BrCl2N4S/c1-14-20(22(30)27-28-11-3-2-4-12-28)26-29(19-10-9-17(24)13-18(19)25)21(14)15-5-7-16(23)8-6-15/h5-10,13-14,21H,2-4,11-12H2,1H3,(H,27,30)/t14-,21-/m1/s1. The van der Waals surface area contributed by atoms with Crippen molar-refractivity contribution in [3.05, 3.63) is 62.5 Å². The van der Waals surface area contributed by atoms with E-state index in [1.54, 1.807) is 6.07 Å². The van der Waals surface area contributed by atoms with E-state index in [-0.39, 0.29) is 12.0 Å². The molecule has 2 atom stereocenters. The van der Waals surface area contributed by atoms with Crippen LogP contribution in [0.15, 0.2) is 52.0 Å². The molecule has 1 fully saturated rings. The van der Waals surface area contributed by atoms with Crippen molar-refractivity contribution in [1.29, 1.82) is 0 Å². The Morgan fingerprint density at radius 1 is 1.10 bits per heavy atom. The normalized spacial score (nSPS) is 22.1. The molecule has 30 heavy (non-hydrogen) atoms. The minimum Gasteiger partial charge on any atom is -0.308 e. The third-order valence-electron chi connectivity index (χ3n) is 5.60. The topological polar surface area (TPSA) is 30.9 Å². The van der Waals surface area contributed by atoms with Crippen LogP contribution in [0.25, 0.3) is 0 Å². The zero-order chi connectivity index (χ0) is 21.3. The summed E-state index contributed by atoms with van der Waals surface area (Å²) in [5.74, 6) is 0.0858. The van der Waals surface area contributed by atoms with Crippen molar-refractivity contribution in [2.24, 2.45) is 11.0 Å². The predicted octanol–water partition coefficient (Wildman–Crippen LogP) is 6.63. The molecule has 2 heterocycles. The van der Waals surface area contributed by atoms with Gasteiger partial charge in [0, 0.05) is 28.5 Å². The van der Waals surface area contributed by atoms with E-state index < -0.39 is 0 Å². The lowest BCUT2D eigenvalue weighted by Crippen LogP contribution is -2.47. The smallest absolute Gasteiger partial charge is 0.137 e. The van der Waals surface area contributed by atoms with Crippen molar-refractivity contribution in [3.63, 3.8) is 0 Å². The van der Waals surface area contributed by atoms with Gasteiger partial charge in [-0.25, -0.2) is 5.01 Å². The summed E-state index contributed by atoms with van der Waals surface area (Å²) in [7, 11) is 0. The largest absolute Gasteiger partial charge is 0.308 e. The number of thiocarbonyl (C=S) groups is 1. The highest BCUT2D eigenvalue weighted by Crippen LogP contribution is 2.42. The fraction of sp³-hybridized carbons (Fsp3) is 0.364. The Kier molecular flexibility index (Phi) is 7.00. The van der Waals surface area contributed by atoms with E-state index in [1.165, 1.54) is 19.3 Å². The molecule has 4 nitrogen and oxygen atoms in total. The van der Waals surface area contributed by atoms with E-state index in [1.807, 2.05) is 29.3 Å². The number of rotatable bonds is 4. The lowest BCUT2D eigenvalue weighted by Gasteiger charge is -2.29. The maximum absolute atomic E-state index is 6.56. The molecule has 2 aromatic carbocycles. The third kappa shape index (κ3) is 4.68. The molecule has 0 spiro atoms. The van der Waals surface area contributed by atoms with Crippen LogP contribution in [-0.2, 0) is 0 Å². The van der Waals surface area contributed by atoms with Crippen molar-refractivity contribution in [1.82, 2.24) is 10.4 Å². The Hall–Kier alpha value is -1.18. The van der Waals surface area contributed by atoms with Crippen molar-refractivity contribution in [2.45, 2.75) is 32.2 Å². The van der Waals surface area contributed by atoms with Gasteiger partial charge < -0.3 is 5.43 Å². The SMILES string of the molecule is C[C@@H]1C(C(=S)NN2CCCCC2)=NN(c2ccc(Cl)cc2Cl)[C@H]1c1ccc(Br)cc1. The number of anilines is 1. The van der Waals surface area contributed by atoms with Gasteiger partial charge in [0.2, 0.25) is 0 Å². The molecule has 158 valence electrons. The van der Waals surface area contributed by atoms with Gasteiger partial charge >= 0.3 is 0 Å². The van der Waals surface area contributed by atoms with Crippen LogP contribution in [0.5, 0.6) is 0 Å². The van der Waals surface area contributed by atoms with Crippen LogP contribution < -0.4 is 10.4 Å². The Bertz CT molecular complexity index is 960. The van der Waals surface area contributed by atoms with Crippen molar-refractivity contribution >= 4 is 67.7 Å². The molecule has 0 unspecified atom stereocenters. The second-order valence-electron chi connectivity index (χ2n) is 7.70. The van der Waals surface area contributed by atoms with Crippen LogP contribution in [0.1, 0.15) is 37.8 Å². The van der Waals surface area contributed by atoms with Gasteiger partial charge in [-0.2, -0.15) is 5.10 Å². The fourth-order valence-electron chi connectivity index (χ4n) is 4.05. The summed E-state index contributed by atoms with van der Waals surface area (Å²) in [6, 6.07) is 13.8. The Morgan fingerprint density at radius 2 is 1.80 bits per heavy atom. The van der Waals surface area contributed by atoms with E-state index in [9.17, 15) is 0 Å². The number of hydrogen-bond donors (Lipinski definition) is 1. The van der Waals surface area contributed by atoms with Crippen LogP contribution in [0.4, 0.5) is 5.69 Å². The predicted molar refractivity (Wildman–Crippen MR) is 134 cm³/mol. The van der Waals surface area contributed by atoms with Gasteiger partial charge in [0.1, 0.15) is 10.7 Å². The molecule has 0 aromatic heterocycles. The molecule has 2 aliphatic rings. The Labute approximate surface area is 201 Å². The van der Waals surface area contributed by atoms with Crippen molar-refractivity contribution < 1.29 is 0 Å². The number of hydrazone groups is 1. The summed E-state index contributed by atoms with van der Waals surface area (Å²) in [5.41, 5.74) is 6.25. The zero-order valence-corrected chi connectivity index (χ0v) is 20.5. The van der Waals surface area contributed by atoms with E-state index >= 15 is 0 Å². The number of hydrazine groups is 1. The highest BCUT2D eigenvalue weighted by atomic mass is 79.9. The first kappa shape index (κ1) is 22.0. The second kappa shape index (κ2) is 9.53. The monoisotopic (exact) mass is 524 g/mol. The van der Waals surface area contributed by atoms with E-state index in [2.05, 4.69) is 45.4 Å². The fourth-order valence-corrected chi connectivity index (χ4v) is 5.17. The van der Waals surface area contributed by atoms with Gasteiger partial charge in [0.05, 0.1) is 16.8 Å². The molecule has 2 aromatic rings. The lowest BCUT2D eigenvalue weighted by molar-refractivity contribution is 0.197. The molecular formula is C22H23BrCl2N4S. The van der Waals surface area contributed by atoms with Crippen LogP contribution in [-0.4, -0.2) is 28.8 Å². The molecule has 0 aliphatic carbocycles. The Balaban J connectivity index is 1.68. The van der Waals surface area contributed by atoms with Gasteiger partial charge in [0.25, 0.3) is 0 Å². The first-order chi connectivity index (χ1) is 14.4. The van der Waals surface area contributed by atoms with Gasteiger partial charge in [-0.3, -0.25) is 5.01 Å². The summed E-state index contributed by atoms with van der Waals surface area (Å²) in [6.07, 6.45) is 3.65. The quantitative estimate of drug-likeness (QED) is 0.454. The molecule has 0 radical (unpaired) electrons. The van der Waals surface area contributed by atoms with E-state index in [4.69, 9.17) is 40.5 Å². The van der Waals surface area contributed by atoms with Crippen LogP contribution in [0, 0.1) is 5.92 Å². The van der Waals surface area contributed by atoms with Crippen molar-refractivity contribution in [2.75, 3.05) is 18.1 Å². The Morgan fingerprint density at radius 3 is 2.47 bits per heavy atom. The molecule has 0 bridgehead atoms. The first-order valence-corrected chi connectivity index (χ1v) is 12.0. The molecule has 0 amide bonds. The first-order valence-electron chi connectivity index (χ1n) is 10.1. The zero-order valence-electron chi connectivity index (χ0n) is 16.6. The molecule has 2 aliphatic heterocycles. The number of hydrogen-bond acceptors (Lipinski definition) is 4. The van der Waals surface area contributed by atoms with Gasteiger partial charge in [-0.05, 0) is 48.7 Å². The third-order valence-corrected chi connectivity index (χ3v) is 6.97. The molecular weight excluding hydrogens is 503 g/mol. The molecule has 0 saturated carbocycles. The highest BCUT2D eigenvalue weighted by molar-refractivity contribution is 9.10. The van der Waals surface area contributed by atoms with E-state index in [0.717, 1.165) is 34.5 Å². The van der Waals surface area contributed by atoms with Crippen LogP contribution >= 0.6 is 51.3 Å². The molecule has 8 heteroatoms. The van der Waals surface area contributed by atoms with Gasteiger partial charge in [-0.15, -0.1) is 0 Å². The average Bonchev–Trinajstić information content (AvgIpc) is 3.06. The van der Waals surface area contributed by atoms with Crippen molar-refractivity contribution in [3.8, 4) is 0 Å². The van der Waals surface area contributed by atoms with Gasteiger partial charge in [-0.1, -0.05) is 76.8 Å². The molecule has 1 N–H and O–H groups in total. The highest BCUT2D eigenvalue weighted by Gasteiger charge is 2.39. The maximum Gasteiger partial charge on any atom is 0.137 e. The van der Waals surface area contributed by atoms with E-state index in [0.29, 0.717) is 15.0 Å². The minimum absolute atomic E-state index is 0.0205. The average molecular weight is 526 g/mol. The summed E-state index contributed by atoms with van der Waals surface area (Å²) in [5, 5.41) is 10.3. The van der Waals surface area contributed by atoms with Gasteiger partial charge in [0.15, 0.2) is 0 Å².